The zero-order chi connectivity index (χ0) is 22.5. The lowest BCUT2D eigenvalue weighted by Gasteiger charge is -2.31. The summed E-state index contributed by atoms with van der Waals surface area (Å²) in [7, 11) is 1.58. The highest BCUT2D eigenvalue weighted by molar-refractivity contribution is 6.30. The van der Waals surface area contributed by atoms with Crippen molar-refractivity contribution >= 4 is 23.5 Å². The molecule has 1 N–H and O–H groups in total. The van der Waals surface area contributed by atoms with E-state index in [9.17, 15) is 9.59 Å². The van der Waals surface area contributed by atoms with E-state index in [0.717, 1.165) is 43.9 Å². The van der Waals surface area contributed by atoms with Gasteiger partial charge in [-0.15, -0.1) is 0 Å². The number of ether oxygens (including phenoxy) is 2. The molecule has 1 aromatic carbocycles. The van der Waals surface area contributed by atoms with Crippen molar-refractivity contribution in [3.8, 4) is 11.4 Å². The Labute approximate surface area is 188 Å². The molecular formula is C23H30ClN3O4. The number of nitrogens with one attached hydrogen (secondary N) is 1. The van der Waals surface area contributed by atoms with E-state index < -0.39 is 5.97 Å². The average molecular weight is 448 g/mol. The molecule has 0 spiro atoms. The molecule has 2 aromatic rings. The normalized spacial score (nSPS) is 15.0. The molecule has 2 heterocycles. The van der Waals surface area contributed by atoms with Gasteiger partial charge in [0.05, 0.1) is 18.4 Å². The number of hydrogen-bond donors (Lipinski definition) is 1. The van der Waals surface area contributed by atoms with Crippen molar-refractivity contribution in [3.05, 3.63) is 46.2 Å². The van der Waals surface area contributed by atoms with Gasteiger partial charge >= 0.3 is 5.97 Å². The lowest BCUT2D eigenvalue weighted by Crippen LogP contribution is -2.45. The summed E-state index contributed by atoms with van der Waals surface area (Å²) in [6.07, 6.45) is 1.83. The maximum atomic E-state index is 12.7. The number of likely N-dealkylation sites (tertiary alicyclic amines) is 1. The number of methoxy groups -OCH3 is 1. The van der Waals surface area contributed by atoms with E-state index in [1.54, 1.807) is 31.4 Å². The van der Waals surface area contributed by atoms with E-state index in [0.29, 0.717) is 22.0 Å². The summed E-state index contributed by atoms with van der Waals surface area (Å²) >= 11 is 6.17. The molecule has 0 saturated carbocycles. The Bertz CT molecular complexity index is 949. The Balaban J connectivity index is 1.65. The number of carbonyl (C=O) groups excluding carboxylic acids is 2. The van der Waals surface area contributed by atoms with Crippen molar-refractivity contribution in [3.63, 3.8) is 0 Å². The van der Waals surface area contributed by atoms with Gasteiger partial charge < -0.3 is 24.3 Å². The van der Waals surface area contributed by atoms with Gasteiger partial charge in [0.2, 0.25) is 0 Å². The molecule has 1 saturated heterocycles. The van der Waals surface area contributed by atoms with E-state index in [4.69, 9.17) is 21.1 Å². The Morgan fingerprint density at radius 2 is 1.90 bits per heavy atom. The highest BCUT2D eigenvalue weighted by Gasteiger charge is 2.23. The van der Waals surface area contributed by atoms with Crippen LogP contribution in [0.3, 0.4) is 0 Å². The fourth-order valence-electron chi connectivity index (χ4n) is 4.05. The van der Waals surface area contributed by atoms with Crippen LogP contribution in [0.25, 0.3) is 5.69 Å². The van der Waals surface area contributed by atoms with Crippen LogP contribution in [0.15, 0.2) is 24.3 Å². The van der Waals surface area contributed by atoms with Gasteiger partial charge in [-0.3, -0.25) is 4.79 Å². The van der Waals surface area contributed by atoms with E-state index in [1.165, 1.54) is 0 Å². The standard InChI is InChI=1S/C23H30ClN3O4/c1-5-26-10-8-18(9-11-26)25-22(28)14-31-23(29)19-12-15(2)27(16(19)3)20-13-17(24)6-7-21(20)30-4/h6-7,12-13,18H,5,8-11,14H2,1-4H3,(H,25,28). The first-order chi connectivity index (χ1) is 14.8. The fourth-order valence-corrected chi connectivity index (χ4v) is 4.22. The molecule has 1 fully saturated rings. The first-order valence-electron chi connectivity index (χ1n) is 10.6. The Kier molecular flexibility index (Phi) is 7.62. The van der Waals surface area contributed by atoms with Crippen molar-refractivity contribution in [2.24, 2.45) is 0 Å². The van der Waals surface area contributed by atoms with E-state index in [1.807, 2.05) is 18.4 Å². The maximum Gasteiger partial charge on any atom is 0.340 e. The van der Waals surface area contributed by atoms with Crippen LogP contribution in [0, 0.1) is 13.8 Å². The summed E-state index contributed by atoms with van der Waals surface area (Å²) in [6.45, 7) is 8.53. The van der Waals surface area contributed by atoms with Crippen LogP contribution in [-0.2, 0) is 9.53 Å². The predicted octanol–water partition coefficient (Wildman–Crippen LogP) is 3.51. The van der Waals surface area contributed by atoms with Gasteiger partial charge in [0.15, 0.2) is 6.61 Å². The van der Waals surface area contributed by atoms with Crippen molar-refractivity contribution in [1.82, 2.24) is 14.8 Å². The molecule has 168 valence electrons. The second kappa shape index (κ2) is 10.2. The molecule has 8 heteroatoms. The minimum absolute atomic E-state index is 0.134. The number of piperidine rings is 1. The number of benzene rings is 1. The molecule has 1 aromatic heterocycles. The van der Waals surface area contributed by atoms with Crippen molar-refractivity contribution in [2.45, 2.75) is 39.7 Å². The number of nitrogens with zero attached hydrogens (tertiary/aromatic N) is 2. The molecule has 1 aliphatic rings. The number of carbonyl (C=O) groups is 2. The molecule has 0 bridgehead atoms. The van der Waals surface area contributed by atoms with E-state index in [2.05, 4.69) is 17.1 Å². The van der Waals surface area contributed by atoms with Crippen LogP contribution >= 0.6 is 11.6 Å². The summed E-state index contributed by atoms with van der Waals surface area (Å²) in [4.78, 5) is 27.3. The van der Waals surface area contributed by atoms with Crippen LogP contribution in [-0.4, -0.2) is 60.7 Å². The minimum Gasteiger partial charge on any atom is -0.495 e. The van der Waals surface area contributed by atoms with Crippen molar-refractivity contribution in [2.75, 3.05) is 33.4 Å². The van der Waals surface area contributed by atoms with E-state index >= 15 is 0 Å². The Hall–Kier alpha value is -2.51. The maximum absolute atomic E-state index is 12.7. The summed E-state index contributed by atoms with van der Waals surface area (Å²) < 4.78 is 12.6. The highest BCUT2D eigenvalue weighted by atomic mass is 35.5. The lowest BCUT2D eigenvalue weighted by molar-refractivity contribution is -0.125. The lowest BCUT2D eigenvalue weighted by atomic mass is 10.1. The largest absolute Gasteiger partial charge is 0.495 e. The van der Waals surface area contributed by atoms with Gasteiger partial charge in [0.1, 0.15) is 5.75 Å². The zero-order valence-corrected chi connectivity index (χ0v) is 19.3. The molecule has 0 aliphatic carbocycles. The Morgan fingerprint density at radius 1 is 1.19 bits per heavy atom. The van der Waals surface area contributed by atoms with Crippen LogP contribution in [0.4, 0.5) is 0 Å². The van der Waals surface area contributed by atoms with Crippen LogP contribution < -0.4 is 10.1 Å². The van der Waals surface area contributed by atoms with E-state index in [-0.39, 0.29) is 18.6 Å². The number of esters is 1. The quantitative estimate of drug-likeness (QED) is 0.657. The second-order valence-corrected chi connectivity index (χ2v) is 8.23. The molecule has 7 nitrogen and oxygen atoms in total. The minimum atomic E-state index is -0.531. The number of aromatic nitrogens is 1. The SMILES string of the molecule is CCN1CCC(NC(=O)COC(=O)c2cc(C)n(-c3cc(Cl)ccc3OC)c2C)CC1. The highest BCUT2D eigenvalue weighted by Crippen LogP contribution is 2.30. The molecule has 0 atom stereocenters. The van der Waals surface area contributed by atoms with Crippen LogP contribution in [0.1, 0.15) is 41.5 Å². The van der Waals surface area contributed by atoms with Gasteiger partial charge in [-0.05, 0) is 57.5 Å². The second-order valence-electron chi connectivity index (χ2n) is 7.79. The van der Waals surface area contributed by atoms with Crippen molar-refractivity contribution < 1.29 is 19.1 Å². The summed E-state index contributed by atoms with van der Waals surface area (Å²) in [5, 5.41) is 3.53. The first kappa shape index (κ1) is 23.2. The topological polar surface area (TPSA) is 72.8 Å². The average Bonchev–Trinajstić information content (AvgIpc) is 3.06. The molecule has 1 aliphatic heterocycles. The third-order valence-corrected chi connectivity index (χ3v) is 6.00. The Morgan fingerprint density at radius 3 is 2.55 bits per heavy atom. The van der Waals surface area contributed by atoms with Crippen molar-refractivity contribution in [1.29, 1.82) is 0 Å². The number of halogens is 1. The molecule has 0 radical (unpaired) electrons. The van der Waals surface area contributed by atoms with Gasteiger partial charge in [0.25, 0.3) is 5.91 Å². The summed E-state index contributed by atoms with van der Waals surface area (Å²) in [5.41, 5.74) is 2.66. The molecule has 3 rings (SSSR count). The number of amides is 1. The first-order valence-corrected chi connectivity index (χ1v) is 10.9. The van der Waals surface area contributed by atoms with Gasteiger partial charge in [-0.1, -0.05) is 18.5 Å². The van der Waals surface area contributed by atoms with Gasteiger partial charge in [0, 0.05) is 35.5 Å². The summed E-state index contributed by atoms with van der Waals surface area (Å²) in [5.74, 6) is -0.162. The summed E-state index contributed by atoms with van der Waals surface area (Å²) in [6, 6.07) is 7.19. The monoisotopic (exact) mass is 447 g/mol. The molecule has 1 amide bonds. The molecule has 31 heavy (non-hydrogen) atoms. The van der Waals surface area contributed by atoms with Gasteiger partial charge in [-0.2, -0.15) is 0 Å². The number of rotatable bonds is 7. The predicted molar refractivity (Wildman–Crippen MR) is 120 cm³/mol. The van der Waals surface area contributed by atoms with Crippen LogP contribution in [0.2, 0.25) is 5.02 Å². The fraction of sp³-hybridized carbons (Fsp3) is 0.478. The smallest absolute Gasteiger partial charge is 0.340 e. The van der Waals surface area contributed by atoms with Crippen LogP contribution in [0.5, 0.6) is 5.75 Å². The number of hydrogen-bond acceptors (Lipinski definition) is 5. The van der Waals surface area contributed by atoms with Gasteiger partial charge in [-0.25, -0.2) is 4.79 Å². The third-order valence-electron chi connectivity index (χ3n) is 5.77. The molecule has 0 unspecified atom stereocenters. The zero-order valence-electron chi connectivity index (χ0n) is 18.5. The third kappa shape index (κ3) is 5.40. The molecular weight excluding hydrogens is 418 g/mol. The number of aryl methyl sites for hydroxylation is 1.